The van der Waals surface area contributed by atoms with Crippen LogP contribution in [0.4, 0.5) is 11.4 Å². The number of nitrogens with two attached hydrogens (primary N) is 1. The van der Waals surface area contributed by atoms with Crippen LogP contribution in [-0.4, -0.2) is 36.9 Å². The molecule has 2 rings (SSSR count). The third-order valence-electron chi connectivity index (χ3n) is 3.26. The van der Waals surface area contributed by atoms with Crippen molar-refractivity contribution >= 4 is 28.9 Å². The second-order valence-corrected chi connectivity index (χ2v) is 5.47. The van der Waals surface area contributed by atoms with Gasteiger partial charge in [-0.2, -0.15) is 0 Å². The van der Waals surface area contributed by atoms with Gasteiger partial charge in [0.05, 0.1) is 29.0 Å². The molecule has 0 aliphatic carbocycles. The van der Waals surface area contributed by atoms with Crippen molar-refractivity contribution in [3.05, 3.63) is 22.7 Å². The maximum absolute atomic E-state index is 11.8. The molecule has 19 heavy (non-hydrogen) atoms. The molecule has 0 radical (unpaired) electrons. The van der Waals surface area contributed by atoms with Crippen molar-refractivity contribution < 1.29 is 14.6 Å². The van der Waals surface area contributed by atoms with Gasteiger partial charge >= 0.3 is 5.97 Å². The van der Waals surface area contributed by atoms with Crippen molar-refractivity contribution in [2.45, 2.75) is 18.9 Å². The van der Waals surface area contributed by atoms with Crippen molar-refractivity contribution in [2.24, 2.45) is 0 Å². The van der Waals surface area contributed by atoms with Gasteiger partial charge in [0.1, 0.15) is 0 Å². The molecule has 5 nitrogen and oxygen atoms in total. The van der Waals surface area contributed by atoms with Gasteiger partial charge < -0.3 is 20.5 Å². The lowest BCUT2D eigenvalue weighted by Gasteiger charge is -2.24. The zero-order valence-electron chi connectivity index (χ0n) is 10.9. The van der Waals surface area contributed by atoms with E-state index in [-0.39, 0.29) is 0 Å². The third-order valence-corrected chi connectivity index (χ3v) is 3.55. The van der Waals surface area contributed by atoms with Crippen LogP contribution in [0.25, 0.3) is 0 Å². The normalized spacial score (nSPS) is 22.6. The first-order valence-electron chi connectivity index (χ1n) is 5.99. The Hall–Kier alpha value is -1.46. The van der Waals surface area contributed by atoms with Gasteiger partial charge in [0.2, 0.25) is 0 Å². The van der Waals surface area contributed by atoms with Gasteiger partial charge in [0.25, 0.3) is 0 Å². The van der Waals surface area contributed by atoms with Crippen molar-refractivity contribution in [3.63, 3.8) is 0 Å². The maximum Gasteiger partial charge on any atom is 0.340 e. The number of hydrogen-bond donors (Lipinski definition) is 2. The van der Waals surface area contributed by atoms with Crippen LogP contribution in [0.3, 0.4) is 0 Å². The molecular formula is C13H17ClN2O3. The molecule has 1 fully saturated rings. The molecule has 1 aliphatic rings. The molecule has 3 N–H and O–H groups in total. The lowest BCUT2D eigenvalue weighted by molar-refractivity contribution is 0.0600. The summed E-state index contributed by atoms with van der Waals surface area (Å²) in [7, 11) is 1.31. The number of halogens is 1. The number of esters is 1. The fraction of sp³-hybridized carbons (Fsp3) is 0.462. The minimum atomic E-state index is -0.780. The molecule has 104 valence electrons. The van der Waals surface area contributed by atoms with Crippen molar-refractivity contribution in [2.75, 3.05) is 30.8 Å². The van der Waals surface area contributed by atoms with Gasteiger partial charge in [-0.25, -0.2) is 4.79 Å². The third kappa shape index (κ3) is 2.77. The van der Waals surface area contributed by atoms with Gasteiger partial charge in [0, 0.05) is 18.8 Å². The monoisotopic (exact) mass is 284 g/mol. The molecular weight excluding hydrogens is 268 g/mol. The number of hydrogen-bond acceptors (Lipinski definition) is 5. The zero-order chi connectivity index (χ0) is 14.2. The van der Waals surface area contributed by atoms with E-state index in [0.29, 0.717) is 41.5 Å². The van der Waals surface area contributed by atoms with Crippen LogP contribution in [0.5, 0.6) is 0 Å². The SMILES string of the molecule is COC(=O)c1cc(N)cc(Cl)c1N1CCC(C)(O)C1. The summed E-state index contributed by atoms with van der Waals surface area (Å²) in [6.07, 6.45) is 0.619. The quantitative estimate of drug-likeness (QED) is 0.638. The van der Waals surface area contributed by atoms with Crippen LogP contribution in [0, 0.1) is 0 Å². The zero-order valence-corrected chi connectivity index (χ0v) is 11.7. The topological polar surface area (TPSA) is 75.8 Å². The Morgan fingerprint density at radius 3 is 2.79 bits per heavy atom. The number of nitrogen functional groups attached to an aromatic ring is 1. The van der Waals surface area contributed by atoms with E-state index in [0.717, 1.165) is 0 Å². The van der Waals surface area contributed by atoms with Gasteiger partial charge in [-0.1, -0.05) is 11.6 Å². The molecule has 1 atom stereocenters. The average molecular weight is 285 g/mol. The predicted octanol–water partition coefficient (Wildman–Crippen LogP) is 1.67. The average Bonchev–Trinajstić information content (AvgIpc) is 2.67. The van der Waals surface area contributed by atoms with E-state index < -0.39 is 11.6 Å². The van der Waals surface area contributed by atoms with Crippen molar-refractivity contribution in [3.8, 4) is 0 Å². The van der Waals surface area contributed by atoms with Crippen LogP contribution in [0.15, 0.2) is 12.1 Å². The van der Waals surface area contributed by atoms with Crippen molar-refractivity contribution in [1.29, 1.82) is 0 Å². The molecule has 1 aliphatic heterocycles. The number of carbonyl (C=O) groups is 1. The first-order valence-corrected chi connectivity index (χ1v) is 6.36. The van der Waals surface area contributed by atoms with E-state index in [1.807, 2.05) is 4.90 Å². The Morgan fingerprint density at radius 2 is 2.26 bits per heavy atom. The first kappa shape index (κ1) is 14.0. The molecule has 1 heterocycles. The number of anilines is 2. The Bertz CT molecular complexity index is 517. The molecule has 0 amide bonds. The standard InChI is InChI=1S/C13H17ClN2O3/c1-13(18)3-4-16(7-13)11-9(12(17)19-2)5-8(15)6-10(11)14/h5-6,18H,3-4,7,15H2,1-2H3. The van der Waals surface area contributed by atoms with E-state index in [2.05, 4.69) is 0 Å². The van der Waals surface area contributed by atoms with Gasteiger partial charge in [0.15, 0.2) is 0 Å². The Labute approximate surface area is 116 Å². The minimum absolute atomic E-state index is 0.324. The van der Waals surface area contributed by atoms with Crippen LogP contribution in [0.2, 0.25) is 5.02 Å². The summed E-state index contributed by atoms with van der Waals surface area (Å²) >= 11 is 6.20. The molecule has 0 spiro atoms. The van der Waals surface area contributed by atoms with Gasteiger partial charge in [-0.05, 0) is 25.5 Å². The van der Waals surface area contributed by atoms with E-state index in [1.54, 1.807) is 19.1 Å². The molecule has 1 saturated heterocycles. The molecule has 6 heteroatoms. The fourth-order valence-electron chi connectivity index (χ4n) is 2.34. The van der Waals surface area contributed by atoms with E-state index in [9.17, 15) is 9.90 Å². The molecule has 1 aromatic rings. The number of β-amino-alcohol motifs (C(OH)–C–C–N with tert-alkyl or cyclic N) is 1. The second kappa shape index (κ2) is 4.90. The van der Waals surface area contributed by atoms with Crippen molar-refractivity contribution in [1.82, 2.24) is 0 Å². The van der Waals surface area contributed by atoms with Crippen LogP contribution in [-0.2, 0) is 4.74 Å². The van der Waals surface area contributed by atoms with Crippen LogP contribution < -0.4 is 10.6 Å². The van der Waals surface area contributed by atoms with Crippen LogP contribution in [0.1, 0.15) is 23.7 Å². The number of nitrogens with zero attached hydrogens (tertiary/aromatic N) is 1. The summed E-state index contributed by atoms with van der Waals surface area (Å²) in [5.74, 6) is -0.490. The lowest BCUT2D eigenvalue weighted by Crippen LogP contribution is -2.30. The molecule has 0 aromatic heterocycles. The molecule has 0 bridgehead atoms. The summed E-state index contributed by atoms with van der Waals surface area (Å²) in [6.45, 7) is 2.80. The highest BCUT2D eigenvalue weighted by atomic mass is 35.5. The number of aliphatic hydroxyl groups is 1. The Balaban J connectivity index is 2.47. The summed E-state index contributed by atoms with van der Waals surface area (Å²) in [5.41, 5.74) is 6.23. The highest BCUT2D eigenvalue weighted by Gasteiger charge is 2.34. The van der Waals surface area contributed by atoms with E-state index in [1.165, 1.54) is 7.11 Å². The van der Waals surface area contributed by atoms with Crippen LogP contribution >= 0.6 is 11.6 Å². The summed E-state index contributed by atoms with van der Waals surface area (Å²) in [5, 5.41) is 10.4. The van der Waals surface area contributed by atoms with Gasteiger partial charge in [-0.3, -0.25) is 0 Å². The summed E-state index contributed by atoms with van der Waals surface area (Å²) in [4.78, 5) is 13.7. The lowest BCUT2D eigenvalue weighted by atomic mass is 10.1. The minimum Gasteiger partial charge on any atom is -0.465 e. The van der Waals surface area contributed by atoms with E-state index in [4.69, 9.17) is 22.1 Å². The first-order chi connectivity index (χ1) is 8.84. The second-order valence-electron chi connectivity index (χ2n) is 5.06. The Morgan fingerprint density at radius 1 is 1.58 bits per heavy atom. The van der Waals surface area contributed by atoms with E-state index >= 15 is 0 Å². The number of methoxy groups -OCH3 is 1. The Kier molecular flexibility index (Phi) is 3.60. The number of rotatable bonds is 2. The fourth-order valence-corrected chi connectivity index (χ4v) is 2.69. The maximum atomic E-state index is 11.8. The summed E-state index contributed by atoms with van der Waals surface area (Å²) < 4.78 is 4.76. The largest absolute Gasteiger partial charge is 0.465 e. The number of carbonyl (C=O) groups excluding carboxylic acids is 1. The predicted molar refractivity (Wildman–Crippen MR) is 74.7 cm³/mol. The highest BCUT2D eigenvalue weighted by molar-refractivity contribution is 6.34. The smallest absolute Gasteiger partial charge is 0.340 e. The van der Waals surface area contributed by atoms with Gasteiger partial charge in [-0.15, -0.1) is 0 Å². The number of ether oxygens (including phenoxy) is 1. The molecule has 0 saturated carbocycles. The molecule has 1 unspecified atom stereocenters. The highest BCUT2D eigenvalue weighted by Crippen LogP contribution is 2.36. The summed E-state index contributed by atoms with van der Waals surface area (Å²) in [6, 6.07) is 3.14. The number of benzene rings is 1. The molecule has 1 aromatic carbocycles.